The van der Waals surface area contributed by atoms with Crippen molar-refractivity contribution in [2.24, 2.45) is 0 Å². The molecule has 0 radical (unpaired) electrons. The third-order valence-corrected chi connectivity index (χ3v) is 19.7. The summed E-state index contributed by atoms with van der Waals surface area (Å²) in [5, 5.41) is 0. The van der Waals surface area contributed by atoms with Crippen LogP contribution in [0.25, 0.3) is 77.9 Å². The molecule has 1 nitrogen and oxygen atoms in total. The highest BCUT2D eigenvalue weighted by Crippen LogP contribution is 2.61. The van der Waals surface area contributed by atoms with E-state index in [9.17, 15) is 0 Å². The third kappa shape index (κ3) is 7.07. The topological polar surface area (TPSA) is 3.24 Å². The van der Waals surface area contributed by atoms with E-state index >= 15 is 0 Å². The molecule has 0 aliphatic heterocycles. The molecule has 0 aromatic heterocycles. The fourth-order valence-electron chi connectivity index (χ4n) is 15.6. The van der Waals surface area contributed by atoms with Gasteiger partial charge in [0.15, 0.2) is 0 Å². The highest BCUT2D eigenvalue weighted by Gasteiger charge is 2.49. The highest BCUT2D eigenvalue weighted by molar-refractivity contribution is 5.98. The largest absolute Gasteiger partial charge is 0.310 e. The first-order valence-corrected chi connectivity index (χ1v) is 29.6. The van der Waals surface area contributed by atoms with E-state index in [0.29, 0.717) is 0 Å². The molecule has 4 aliphatic carbocycles. The maximum Gasteiger partial charge on any atom is 0.0719 e. The lowest BCUT2D eigenvalue weighted by atomic mass is 9.65. The zero-order valence-electron chi connectivity index (χ0n) is 47.9. The summed E-state index contributed by atoms with van der Waals surface area (Å²) >= 11 is 0. The third-order valence-electron chi connectivity index (χ3n) is 19.7. The molecule has 16 rings (SSSR count). The van der Waals surface area contributed by atoms with Crippen LogP contribution in [0.2, 0.25) is 0 Å². The molecule has 0 unspecified atom stereocenters. The highest BCUT2D eigenvalue weighted by atomic mass is 15.1. The summed E-state index contributed by atoms with van der Waals surface area (Å²) in [6.07, 6.45) is 0. The Morgan fingerprint density at radius 1 is 0.229 bits per heavy atom. The monoisotopic (exact) mass is 1060 g/mol. The molecule has 83 heavy (non-hydrogen) atoms. The van der Waals surface area contributed by atoms with Gasteiger partial charge in [0.25, 0.3) is 0 Å². The van der Waals surface area contributed by atoms with Gasteiger partial charge >= 0.3 is 0 Å². The van der Waals surface area contributed by atoms with E-state index in [-0.39, 0.29) is 16.2 Å². The lowest BCUT2D eigenvalue weighted by molar-refractivity contribution is 0.637. The molecule has 0 spiro atoms. The Bertz CT molecular complexity index is 4580. The molecule has 0 heterocycles. The second-order valence-electron chi connectivity index (χ2n) is 25.2. The fraction of sp³-hybridized carbons (Fsp3) is 0.122. The fourth-order valence-corrected chi connectivity index (χ4v) is 15.6. The first-order chi connectivity index (χ1) is 40.4. The van der Waals surface area contributed by atoms with Gasteiger partial charge < -0.3 is 4.90 Å². The van der Waals surface area contributed by atoms with Gasteiger partial charge in [-0.25, -0.2) is 0 Å². The predicted octanol–water partition coefficient (Wildman–Crippen LogP) is 21.4. The summed E-state index contributed by atoms with van der Waals surface area (Å²) in [7, 11) is 0. The first kappa shape index (κ1) is 49.3. The zero-order valence-corrected chi connectivity index (χ0v) is 47.9. The standard InChI is InChI=1S/C82H63N/c1-79(2)71-34-22-20-32-63(71)65-42-38-60(50-73(65)79)83(77-44-37-56-49-76(77)80(3,4)70-33-21-19-31-62(56)70)61-39-43-66-64-40-35-54(47-72(64)81(5,6)74(66)51-61)55-36-41-67-69-46-57(52-23-11-7-12-24-52)45-68(53-25-13-8-14-26-53)78(69)82(75(67)48-55,58-27-15-9-16-28-58)59-29-17-10-18-30-59/h7-51H,1-6H3. The lowest BCUT2D eigenvalue weighted by Crippen LogP contribution is -2.29. The summed E-state index contributed by atoms with van der Waals surface area (Å²) in [5.41, 5.74) is 33.3. The molecule has 0 saturated carbocycles. The van der Waals surface area contributed by atoms with Crippen LogP contribution < -0.4 is 4.90 Å². The van der Waals surface area contributed by atoms with E-state index in [4.69, 9.17) is 0 Å². The smallest absolute Gasteiger partial charge is 0.0719 e. The summed E-state index contributed by atoms with van der Waals surface area (Å²) in [6, 6.07) is 104. The molecule has 396 valence electrons. The van der Waals surface area contributed by atoms with E-state index in [1.165, 1.54) is 151 Å². The van der Waals surface area contributed by atoms with Crippen molar-refractivity contribution >= 4 is 17.1 Å². The SMILES string of the molecule is CC1(C)c2ccccc2-c2ccc(N(c3ccc4c(c3)C(C)(C)c3cc(-c5ccc6c(c5)C(c5ccccc5)(c5ccccc5)c5c(-c7ccccc7)cc(-c7ccccc7)cc5-6)ccc3-4)c3ccc4cc3C(C)(C)c3ccccc3-4)cc21. The molecule has 12 aromatic carbocycles. The van der Waals surface area contributed by atoms with E-state index in [2.05, 4.69) is 319 Å². The summed E-state index contributed by atoms with van der Waals surface area (Å²) in [4.78, 5) is 2.57. The molecular weight excluding hydrogens is 999 g/mol. The first-order valence-electron chi connectivity index (χ1n) is 29.6. The Labute approximate surface area is 488 Å². The quantitative estimate of drug-likeness (QED) is 0.147. The van der Waals surface area contributed by atoms with Gasteiger partial charge in [0.05, 0.1) is 11.1 Å². The predicted molar refractivity (Wildman–Crippen MR) is 347 cm³/mol. The Hall–Kier alpha value is -9.56. The minimum absolute atomic E-state index is 0.145. The Kier molecular flexibility index (Phi) is 10.7. The maximum absolute atomic E-state index is 2.57. The van der Waals surface area contributed by atoms with E-state index in [1.54, 1.807) is 0 Å². The van der Waals surface area contributed by atoms with Crippen molar-refractivity contribution in [2.75, 3.05) is 4.90 Å². The maximum atomic E-state index is 2.57. The lowest BCUT2D eigenvalue weighted by Gasteiger charge is -2.39. The van der Waals surface area contributed by atoms with Crippen LogP contribution in [0.5, 0.6) is 0 Å². The van der Waals surface area contributed by atoms with Gasteiger partial charge in [-0.15, -0.1) is 0 Å². The zero-order chi connectivity index (χ0) is 56.0. The molecule has 0 saturated heterocycles. The van der Waals surface area contributed by atoms with Gasteiger partial charge in [-0.1, -0.05) is 254 Å². The normalized spacial score (nSPS) is 15.3. The van der Waals surface area contributed by atoms with Crippen molar-refractivity contribution in [3.05, 3.63) is 329 Å². The average molecular weight is 1060 g/mol. The minimum atomic E-state index is -0.617. The van der Waals surface area contributed by atoms with Gasteiger partial charge in [0, 0.05) is 27.6 Å². The summed E-state index contributed by atoms with van der Waals surface area (Å²) in [6.45, 7) is 14.5. The molecule has 0 atom stereocenters. The van der Waals surface area contributed by atoms with Crippen LogP contribution in [0.4, 0.5) is 17.1 Å². The van der Waals surface area contributed by atoms with Crippen LogP contribution in [0.15, 0.2) is 273 Å². The number of nitrogens with zero attached hydrogens (tertiary/aromatic N) is 1. The van der Waals surface area contributed by atoms with Gasteiger partial charge in [0.1, 0.15) is 0 Å². The molecule has 12 aromatic rings. The Morgan fingerprint density at radius 3 is 1.22 bits per heavy atom. The Morgan fingerprint density at radius 2 is 0.627 bits per heavy atom. The second kappa shape index (κ2) is 18.0. The molecule has 0 N–H and O–H groups in total. The molecule has 2 bridgehead atoms. The van der Waals surface area contributed by atoms with Gasteiger partial charge in [0.2, 0.25) is 0 Å². The van der Waals surface area contributed by atoms with Gasteiger partial charge in [-0.2, -0.15) is 0 Å². The number of rotatable bonds is 8. The van der Waals surface area contributed by atoms with E-state index < -0.39 is 5.41 Å². The van der Waals surface area contributed by atoms with Gasteiger partial charge in [-0.05, 0) is 194 Å². The van der Waals surface area contributed by atoms with Crippen LogP contribution in [0, 0.1) is 0 Å². The number of fused-ring (bicyclic) bond motifs is 13. The number of hydrogen-bond donors (Lipinski definition) is 0. The molecular formula is C82H63N. The van der Waals surface area contributed by atoms with Crippen LogP contribution in [0.3, 0.4) is 0 Å². The van der Waals surface area contributed by atoms with Crippen LogP contribution in [-0.4, -0.2) is 0 Å². The molecule has 0 fully saturated rings. The van der Waals surface area contributed by atoms with Crippen molar-refractivity contribution in [1.29, 1.82) is 0 Å². The summed E-state index contributed by atoms with van der Waals surface area (Å²) in [5.74, 6) is 0. The number of benzene rings is 12. The Balaban J connectivity index is 0.853. The molecule has 0 amide bonds. The molecule has 1 heteroatoms. The van der Waals surface area contributed by atoms with Crippen LogP contribution in [-0.2, 0) is 21.7 Å². The van der Waals surface area contributed by atoms with Crippen molar-refractivity contribution in [3.8, 4) is 77.9 Å². The van der Waals surface area contributed by atoms with Crippen molar-refractivity contribution < 1.29 is 0 Å². The van der Waals surface area contributed by atoms with Gasteiger partial charge in [-0.3, -0.25) is 0 Å². The van der Waals surface area contributed by atoms with Crippen LogP contribution in [0.1, 0.15) is 97.2 Å². The molecule has 4 aliphatic rings. The number of anilines is 3. The van der Waals surface area contributed by atoms with Crippen molar-refractivity contribution in [1.82, 2.24) is 0 Å². The second-order valence-corrected chi connectivity index (χ2v) is 25.2. The van der Waals surface area contributed by atoms with E-state index in [1.807, 2.05) is 0 Å². The number of hydrogen-bond acceptors (Lipinski definition) is 1. The minimum Gasteiger partial charge on any atom is -0.310 e. The van der Waals surface area contributed by atoms with Crippen molar-refractivity contribution in [2.45, 2.75) is 63.2 Å². The summed E-state index contributed by atoms with van der Waals surface area (Å²) < 4.78 is 0. The van der Waals surface area contributed by atoms with Crippen molar-refractivity contribution in [3.63, 3.8) is 0 Å². The average Bonchev–Trinajstić information content (AvgIpc) is 2.68. The van der Waals surface area contributed by atoms with E-state index in [0.717, 1.165) is 0 Å². The van der Waals surface area contributed by atoms with Crippen LogP contribution >= 0.6 is 0 Å².